The quantitative estimate of drug-likeness (QED) is 0.508. The summed E-state index contributed by atoms with van der Waals surface area (Å²) in [6.45, 7) is 0. The van der Waals surface area contributed by atoms with E-state index in [-0.39, 0.29) is 5.56 Å². The summed E-state index contributed by atoms with van der Waals surface area (Å²) >= 11 is 0. The Morgan fingerprint density at radius 1 is 0.950 bits per heavy atom. The average Bonchev–Trinajstić information content (AvgIpc) is 2.53. The van der Waals surface area contributed by atoms with Gasteiger partial charge < -0.3 is 14.9 Å². The van der Waals surface area contributed by atoms with Crippen LogP contribution >= 0.6 is 0 Å². The maximum Gasteiger partial charge on any atom is 0.234 e. The van der Waals surface area contributed by atoms with Crippen molar-refractivity contribution >= 4 is 11.5 Å². The zero-order chi connectivity index (χ0) is 14.5. The van der Waals surface area contributed by atoms with Crippen LogP contribution < -0.4 is 4.74 Å². The van der Waals surface area contributed by atoms with Crippen molar-refractivity contribution in [3.63, 3.8) is 0 Å². The number of para-hydroxylation sites is 1. The molecular formula is C16H14O4. The molecule has 2 N–H and O–H groups in total. The van der Waals surface area contributed by atoms with E-state index in [4.69, 9.17) is 4.74 Å². The summed E-state index contributed by atoms with van der Waals surface area (Å²) in [6, 6.07) is 14.9. The standard InChI is InChI=1S/C16H14O4/c1-20-13-10-6-5-9-12(13)15(18)16(19)14(17)11-7-3-2-4-8-11/h2-10,17,19H,1H3/b16-14+. The number of methoxy groups -OCH3 is 1. The van der Waals surface area contributed by atoms with Crippen molar-refractivity contribution in [2.75, 3.05) is 7.11 Å². The number of hydrogen-bond acceptors (Lipinski definition) is 4. The van der Waals surface area contributed by atoms with Crippen molar-refractivity contribution in [2.24, 2.45) is 0 Å². The largest absolute Gasteiger partial charge is 0.504 e. The van der Waals surface area contributed by atoms with E-state index in [0.717, 1.165) is 0 Å². The predicted octanol–water partition coefficient (Wildman–Crippen LogP) is 3.36. The van der Waals surface area contributed by atoms with Gasteiger partial charge in [-0.15, -0.1) is 0 Å². The Morgan fingerprint density at radius 2 is 1.55 bits per heavy atom. The molecule has 0 saturated heterocycles. The second-order valence-electron chi connectivity index (χ2n) is 4.09. The number of aliphatic hydroxyl groups excluding tert-OH is 2. The van der Waals surface area contributed by atoms with E-state index in [1.807, 2.05) is 0 Å². The Balaban J connectivity index is 2.42. The van der Waals surface area contributed by atoms with Crippen LogP contribution in [-0.4, -0.2) is 23.1 Å². The highest BCUT2D eigenvalue weighted by atomic mass is 16.5. The van der Waals surface area contributed by atoms with Crippen LogP contribution in [0.1, 0.15) is 15.9 Å². The molecule has 0 saturated carbocycles. The minimum atomic E-state index is -0.708. The van der Waals surface area contributed by atoms with E-state index in [0.29, 0.717) is 11.3 Å². The number of rotatable bonds is 4. The molecule has 0 aliphatic rings. The first-order chi connectivity index (χ1) is 9.65. The molecule has 4 heteroatoms. The molecule has 0 atom stereocenters. The van der Waals surface area contributed by atoms with Gasteiger partial charge in [0.2, 0.25) is 11.5 Å². The van der Waals surface area contributed by atoms with Gasteiger partial charge in [-0.3, -0.25) is 4.79 Å². The summed E-state index contributed by atoms with van der Waals surface area (Å²) in [5.74, 6) is -1.52. The highest BCUT2D eigenvalue weighted by Gasteiger charge is 2.20. The molecule has 0 aromatic heterocycles. The minimum absolute atomic E-state index is 0.190. The molecule has 4 nitrogen and oxygen atoms in total. The van der Waals surface area contributed by atoms with Crippen molar-refractivity contribution < 1.29 is 19.7 Å². The maximum absolute atomic E-state index is 12.2. The summed E-state index contributed by atoms with van der Waals surface area (Å²) in [6.07, 6.45) is 0. The van der Waals surface area contributed by atoms with Crippen molar-refractivity contribution in [1.82, 2.24) is 0 Å². The predicted molar refractivity (Wildman–Crippen MR) is 75.9 cm³/mol. The van der Waals surface area contributed by atoms with E-state index >= 15 is 0 Å². The first kappa shape index (κ1) is 13.7. The van der Waals surface area contributed by atoms with Gasteiger partial charge in [0.1, 0.15) is 5.75 Å². The van der Waals surface area contributed by atoms with Crippen molar-refractivity contribution in [3.8, 4) is 5.75 Å². The molecule has 0 spiro atoms. The highest BCUT2D eigenvalue weighted by Crippen LogP contribution is 2.23. The van der Waals surface area contributed by atoms with Gasteiger partial charge in [-0.1, -0.05) is 42.5 Å². The summed E-state index contributed by atoms with van der Waals surface area (Å²) in [5.41, 5.74) is 0.559. The van der Waals surface area contributed by atoms with Gasteiger partial charge in [0.05, 0.1) is 12.7 Å². The number of carbonyl (C=O) groups excluding carboxylic acids is 1. The fraction of sp³-hybridized carbons (Fsp3) is 0.0625. The van der Waals surface area contributed by atoms with Crippen molar-refractivity contribution in [2.45, 2.75) is 0 Å². The van der Waals surface area contributed by atoms with Crippen LogP contribution in [0.15, 0.2) is 60.4 Å². The molecule has 0 fully saturated rings. The van der Waals surface area contributed by atoms with Crippen molar-refractivity contribution in [1.29, 1.82) is 0 Å². The fourth-order valence-electron chi connectivity index (χ4n) is 1.80. The van der Waals surface area contributed by atoms with Gasteiger partial charge in [-0.2, -0.15) is 0 Å². The van der Waals surface area contributed by atoms with E-state index < -0.39 is 17.3 Å². The first-order valence-electron chi connectivity index (χ1n) is 6.00. The molecule has 0 radical (unpaired) electrons. The average molecular weight is 270 g/mol. The number of Topliss-reactive ketones (excluding diaryl/α,β-unsaturated/α-hetero) is 1. The smallest absolute Gasteiger partial charge is 0.234 e. The van der Waals surface area contributed by atoms with E-state index in [2.05, 4.69) is 0 Å². The normalized spacial score (nSPS) is 11.7. The lowest BCUT2D eigenvalue weighted by Crippen LogP contribution is -2.07. The van der Waals surface area contributed by atoms with E-state index in [1.165, 1.54) is 13.2 Å². The van der Waals surface area contributed by atoms with Crippen LogP contribution in [0.25, 0.3) is 5.76 Å². The Bertz CT molecular complexity index is 645. The number of ketones is 1. The molecule has 0 amide bonds. The topological polar surface area (TPSA) is 66.8 Å². The zero-order valence-corrected chi connectivity index (χ0v) is 10.9. The van der Waals surface area contributed by atoms with E-state index in [9.17, 15) is 15.0 Å². The van der Waals surface area contributed by atoms with Crippen LogP contribution in [-0.2, 0) is 0 Å². The lowest BCUT2D eigenvalue weighted by molar-refractivity contribution is 0.0972. The van der Waals surface area contributed by atoms with Gasteiger partial charge in [-0.05, 0) is 12.1 Å². The molecular weight excluding hydrogens is 256 g/mol. The lowest BCUT2D eigenvalue weighted by Gasteiger charge is -2.08. The van der Waals surface area contributed by atoms with Gasteiger partial charge in [0, 0.05) is 5.56 Å². The molecule has 102 valence electrons. The second-order valence-corrected chi connectivity index (χ2v) is 4.09. The Labute approximate surface area is 116 Å². The fourth-order valence-corrected chi connectivity index (χ4v) is 1.80. The molecule has 0 heterocycles. The third-order valence-electron chi connectivity index (χ3n) is 2.84. The zero-order valence-electron chi connectivity index (χ0n) is 10.9. The van der Waals surface area contributed by atoms with Crippen LogP contribution in [0.4, 0.5) is 0 Å². The van der Waals surface area contributed by atoms with E-state index in [1.54, 1.807) is 48.5 Å². The summed E-state index contributed by atoms with van der Waals surface area (Å²) in [7, 11) is 1.43. The molecule has 0 aliphatic heterocycles. The number of aliphatic hydroxyl groups is 2. The molecule has 20 heavy (non-hydrogen) atoms. The number of carbonyl (C=O) groups is 1. The Morgan fingerprint density at radius 3 is 2.20 bits per heavy atom. The van der Waals surface area contributed by atoms with Crippen LogP contribution in [0.2, 0.25) is 0 Å². The molecule has 0 unspecified atom stereocenters. The van der Waals surface area contributed by atoms with Gasteiger partial charge in [0.15, 0.2) is 5.76 Å². The Kier molecular flexibility index (Phi) is 4.05. The van der Waals surface area contributed by atoms with Gasteiger partial charge in [0.25, 0.3) is 0 Å². The van der Waals surface area contributed by atoms with Gasteiger partial charge in [-0.25, -0.2) is 0 Å². The van der Waals surface area contributed by atoms with Crippen LogP contribution in [0, 0.1) is 0 Å². The molecule has 2 aromatic rings. The Hall–Kier alpha value is -2.75. The third kappa shape index (κ3) is 2.64. The first-order valence-corrected chi connectivity index (χ1v) is 6.00. The van der Waals surface area contributed by atoms with Gasteiger partial charge >= 0.3 is 0 Å². The minimum Gasteiger partial charge on any atom is -0.504 e. The number of benzene rings is 2. The number of ether oxygens (including phenoxy) is 1. The SMILES string of the molecule is COc1ccccc1C(=O)/C(O)=C(\O)c1ccccc1. The molecule has 0 aliphatic carbocycles. The highest BCUT2D eigenvalue weighted by molar-refractivity contribution is 6.12. The number of hydrogen-bond donors (Lipinski definition) is 2. The molecule has 0 bridgehead atoms. The second kappa shape index (κ2) is 5.93. The maximum atomic E-state index is 12.2. The summed E-state index contributed by atoms with van der Waals surface area (Å²) in [4.78, 5) is 12.2. The van der Waals surface area contributed by atoms with Crippen molar-refractivity contribution in [3.05, 3.63) is 71.5 Å². The third-order valence-corrected chi connectivity index (χ3v) is 2.84. The molecule has 2 rings (SSSR count). The monoisotopic (exact) mass is 270 g/mol. The number of allylic oxidation sites excluding steroid dienone is 1. The lowest BCUT2D eigenvalue weighted by atomic mass is 10.1. The van der Waals surface area contributed by atoms with Crippen LogP contribution in [0.3, 0.4) is 0 Å². The summed E-state index contributed by atoms with van der Waals surface area (Å²) < 4.78 is 5.07. The molecule has 2 aromatic carbocycles. The van der Waals surface area contributed by atoms with Crippen LogP contribution in [0.5, 0.6) is 5.75 Å². The summed E-state index contributed by atoms with van der Waals surface area (Å²) in [5, 5.41) is 19.9.